The van der Waals surface area contributed by atoms with Crippen molar-refractivity contribution < 1.29 is 4.79 Å². The molecule has 3 rings (SSSR count). The molecule has 1 amide bonds. The first-order valence-corrected chi connectivity index (χ1v) is 7.82. The number of rotatable bonds is 4. The molecule has 0 unspecified atom stereocenters. The number of carbonyl (C=O) groups is 1. The minimum absolute atomic E-state index is 0.235. The molecule has 102 valence electrons. The zero-order valence-electron chi connectivity index (χ0n) is 10.7. The van der Waals surface area contributed by atoms with Crippen LogP contribution in [0, 0.1) is 0 Å². The minimum Gasteiger partial charge on any atom is -0.360 e. The van der Waals surface area contributed by atoms with Gasteiger partial charge in [0.15, 0.2) is 0 Å². The fraction of sp³-hybridized carbons (Fsp3) is 0.154. The topological polar surface area (TPSA) is 66.9 Å². The van der Waals surface area contributed by atoms with Crippen molar-refractivity contribution in [3.05, 3.63) is 34.7 Å². The van der Waals surface area contributed by atoms with Crippen LogP contribution in [0.4, 0.5) is 10.8 Å². The van der Waals surface area contributed by atoms with Gasteiger partial charge in [-0.05, 0) is 42.0 Å². The summed E-state index contributed by atoms with van der Waals surface area (Å²) in [6.07, 6.45) is 0. The number of benzene rings is 1. The van der Waals surface area contributed by atoms with Crippen LogP contribution in [0.1, 0.15) is 16.7 Å². The Labute approximate surface area is 123 Å². The largest absolute Gasteiger partial charge is 0.360 e. The van der Waals surface area contributed by atoms with E-state index in [4.69, 9.17) is 0 Å². The lowest BCUT2D eigenvalue weighted by atomic mass is 10.2. The van der Waals surface area contributed by atoms with Crippen LogP contribution in [0.2, 0.25) is 0 Å². The van der Waals surface area contributed by atoms with E-state index in [-0.39, 0.29) is 5.91 Å². The summed E-state index contributed by atoms with van der Waals surface area (Å²) >= 11 is 2.93. The highest BCUT2D eigenvalue weighted by Crippen LogP contribution is 2.24. The molecule has 0 aliphatic heterocycles. The van der Waals surface area contributed by atoms with Crippen LogP contribution in [-0.2, 0) is 0 Å². The van der Waals surface area contributed by atoms with E-state index < -0.39 is 0 Å². The van der Waals surface area contributed by atoms with Crippen molar-refractivity contribution in [1.29, 1.82) is 0 Å². The third-order valence-electron chi connectivity index (χ3n) is 2.66. The fourth-order valence-corrected chi connectivity index (χ4v) is 3.24. The SMILES string of the molecule is CCNc1nnc(C(=O)Nc2ccc3sccc3c2)s1. The Morgan fingerprint density at radius 2 is 2.20 bits per heavy atom. The molecule has 0 radical (unpaired) electrons. The molecular weight excluding hydrogens is 292 g/mol. The molecule has 2 heterocycles. The van der Waals surface area contributed by atoms with Crippen molar-refractivity contribution in [2.75, 3.05) is 17.2 Å². The second kappa shape index (κ2) is 5.56. The summed E-state index contributed by atoms with van der Waals surface area (Å²) in [5.74, 6) is -0.235. The number of thiophene rings is 1. The molecule has 0 bridgehead atoms. The van der Waals surface area contributed by atoms with Gasteiger partial charge in [0.1, 0.15) is 0 Å². The van der Waals surface area contributed by atoms with E-state index >= 15 is 0 Å². The van der Waals surface area contributed by atoms with Crippen molar-refractivity contribution in [3.63, 3.8) is 0 Å². The number of aromatic nitrogens is 2. The van der Waals surface area contributed by atoms with Crippen LogP contribution in [-0.4, -0.2) is 22.6 Å². The zero-order valence-corrected chi connectivity index (χ0v) is 12.3. The number of hydrogen-bond donors (Lipinski definition) is 2. The summed E-state index contributed by atoms with van der Waals surface area (Å²) in [7, 11) is 0. The van der Waals surface area contributed by atoms with Crippen LogP contribution in [0.15, 0.2) is 29.6 Å². The Bertz CT molecular complexity index is 750. The maximum atomic E-state index is 12.1. The van der Waals surface area contributed by atoms with Gasteiger partial charge in [0.25, 0.3) is 5.91 Å². The smallest absolute Gasteiger partial charge is 0.286 e. The number of nitrogens with zero attached hydrogens (tertiary/aromatic N) is 2. The van der Waals surface area contributed by atoms with Crippen molar-refractivity contribution >= 4 is 49.5 Å². The lowest BCUT2D eigenvalue weighted by Gasteiger charge is -2.02. The summed E-state index contributed by atoms with van der Waals surface area (Å²) < 4.78 is 1.20. The molecule has 0 saturated carbocycles. The highest BCUT2D eigenvalue weighted by molar-refractivity contribution is 7.17. The van der Waals surface area contributed by atoms with Gasteiger partial charge in [-0.2, -0.15) is 0 Å². The number of amides is 1. The molecule has 5 nitrogen and oxygen atoms in total. The van der Waals surface area contributed by atoms with E-state index in [9.17, 15) is 4.79 Å². The van der Waals surface area contributed by atoms with Crippen LogP contribution in [0.3, 0.4) is 0 Å². The normalized spacial score (nSPS) is 10.7. The zero-order chi connectivity index (χ0) is 13.9. The Hall–Kier alpha value is -1.99. The van der Waals surface area contributed by atoms with E-state index in [0.717, 1.165) is 17.6 Å². The lowest BCUT2D eigenvalue weighted by Crippen LogP contribution is -2.11. The monoisotopic (exact) mass is 304 g/mol. The van der Waals surface area contributed by atoms with Gasteiger partial charge in [-0.3, -0.25) is 4.79 Å². The number of fused-ring (bicyclic) bond motifs is 1. The second-order valence-corrected chi connectivity index (χ2v) is 6.00. The maximum Gasteiger partial charge on any atom is 0.286 e. The molecule has 2 N–H and O–H groups in total. The number of anilines is 2. The van der Waals surface area contributed by atoms with Crippen LogP contribution in [0.25, 0.3) is 10.1 Å². The van der Waals surface area contributed by atoms with Crippen LogP contribution in [0.5, 0.6) is 0 Å². The standard InChI is InChI=1S/C13H12N4OS2/c1-2-14-13-17-16-12(20-13)11(18)15-9-3-4-10-8(7-9)5-6-19-10/h3-7H,2H2,1H3,(H,14,17)(H,15,18). The Morgan fingerprint density at radius 1 is 1.30 bits per heavy atom. The van der Waals surface area contributed by atoms with Gasteiger partial charge in [-0.15, -0.1) is 21.5 Å². The molecule has 2 aromatic heterocycles. The molecule has 0 atom stereocenters. The summed E-state index contributed by atoms with van der Waals surface area (Å²) in [5.41, 5.74) is 0.765. The second-order valence-electron chi connectivity index (χ2n) is 4.07. The van der Waals surface area contributed by atoms with E-state index in [1.165, 1.54) is 16.0 Å². The Balaban J connectivity index is 1.76. The number of nitrogens with one attached hydrogen (secondary N) is 2. The molecule has 0 spiro atoms. The van der Waals surface area contributed by atoms with Gasteiger partial charge >= 0.3 is 0 Å². The molecule has 1 aromatic carbocycles. The van der Waals surface area contributed by atoms with Gasteiger partial charge < -0.3 is 10.6 Å². The highest BCUT2D eigenvalue weighted by atomic mass is 32.1. The van der Waals surface area contributed by atoms with Crippen LogP contribution < -0.4 is 10.6 Å². The molecule has 0 fully saturated rings. The van der Waals surface area contributed by atoms with Crippen molar-refractivity contribution in [3.8, 4) is 0 Å². The summed E-state index contributed by atoms with van der Waals surface area (Å²) in [6.45, 7) is 2.72. The van der Waals surface area contributed by atoms with E-state index in [1.807, 2.05) is 36.6 Å². The summed E-state index contributed by atoms with van der Waals surface area (Å²) in [4.78, 5) is 12.1. The van der Waals surface area contributed by atoms with E-state index in [0.29, 0.717) is 10.1 Å². The summed E-state index contributed by atoms with van der Waals surface area (Å²) in [5, 5.41) is 17.8. The van der Waals surface area contributed by atoms with Gasteiger partial charge in [0.05, 0.1) is 0 Å². The predicted octanol–water partition coefficient (Wildman–Crippen LogP) is 3.44. The predicted molar refractivity (Wildman–Crippen MR) is 83.9 cm³/mol. The third kappa shape index (κ3) is 2.63. The quantitative estimate of drug-likeness (QED) is 0.775. The van der Waals surface area contributed by atoms with Crippen LogP contribution >= 0.6 is 22.7 Å². The molecule has 0 aliphatic carbocycles. The van der Waals surface area contributed by atoms with Gasteiger partial charge in [0, 0.05) is 16.9 Å². The third-order valence-corrected chi connectivity index (χ3v) is 4.44. The molecule has 7 heteroatoms. The van der Waals surface area contributed by atoms with Crippen molar-refractivity contribution in [1.82, 2.24) is 10.2 Å². The number of hydrogen-bond acceptors (Lipinski definition) is 6. The fourth-order valence-electron chi connectivity index (χ4n) is 1.77. The Kier molecular flexibility index (Phi) is 3.62. The first-order chi connectivity index (χ1) is 9.76. The molecule has 0 saturated heterocycles. The Morgan fingerprint density at radius 3 is 3.05 bits per heavy atom. The molecular formula is C13H12N4OS2. The average Bonchev–Trinajstić information content (AvgIpc) is 3.07. The first-order valence-electron chi connectivity index (χ1n) is 6.12. The average molecular weight is 304 g/mol. The lowest BCUT2D eigenvalue weighted by molar-refractivity contribution is 0.102. The molecule has 3 aromatic rings. The van der Waals surface area contributed by atoms with Gasteiger partial charge in [0.2, 0.25) is 10.1 Å². The first kappa shape index (κ1) is 13.0. The minimum atomic E-state index is -0.235. The van der Waals surface area contributed by atoms with Crippen molar-refractivity contribution in [2.24, 2.45) is 0 Å². The maximum absolute atomic E-state index is 12.1. The molecule has 20 heavy (non-hydrogen) atoms. The van der Waals surface area contributed by atoms with Gasteiger partial charge in [-0.1, -0.05) is 11.3 Å². The van der Waals surface area contributed by atoms with E-state index in [1.54, 1.807) is 11.3 Å². The van der Waals surface area contributed by atoms with Gasteiger partial charge in [-0.25, -0.2) is 0 Å². The number of carbonyl (C=O) groups excluding carboxylic acids is 1. The molecule has 0 aliphatic rings. The van der Waals surface area contributed by atoms with E-state index in [2.05, 4.69) is 20.8 Å². The van der Waals surface area contributed by atoms with Crippen molar-refractivity contribution in [2.45, 2.75) is 6.92 Å². The highest BCUT2D eigenvalue weighted by Gasteiger charge is 2.13. The summed E-state index contributed by atoms with van der Waals surface area (Å²) in [6, 6.07) is 7.88.